The largest absolute Gasteiger partial charge is 0.332 e. The molecule has 0 saturated carbocycles. The number of aromatic nitrogens is 2. The normalized spacial score (nSPS) is 11.6. The zero-order valence-electron chi connectivity index (χ0n) is 11.4. The molecule has 0 aliphatic rings. The highest BCUT2D eigenvalue weighted by Crippen LogP contribution is 2.22. The molecule has 2 N–H and O–H groups in total. The van der Waals surface area contributed by atoms with Crippen LogP contribution >= 0.6 is 0 Å². The topological polar surface area (TPSA) is 43.8 Å². The minimum absolute atomic E-state index is 0.693. The second-order valence-electron chi connectivity index (χ2n) is 4.90. The second kappa shape index (κ2) is 6.01. The van der Waals surface area contributed by atoms with Crippen LogP contribution in [0.2, 0.25) is 0 Å². The monoisotopic (exact) mass is 245 g/mol. The summed E-state index contributed by atoms with van der Waals surface area (Å²) < 4.78 is 2.30. The summed E-state index contributed by atoms with van der Waals surface area (Å²) in [6.07, 6.45) is 7.48. The highest BCUT2D eigenvalue weighted by Gasteiger charge is 2.11. The molecule has 0 aromatic carbocycles. The van der Waals surface area contributed by atoms with Gasteiger partial charge in [-0.2, -0.15) is 0 Å². The van der Waals surface area contributed by atoms with Crippen LogP contribution in [-0.4, -0.2) is 16.1 Å². The second-order valence-corrected chi connectivity index (χ2v) is 4.90. The van der Waals surface area contributed by atoms with E-state index in [4.69, 9.17) is 5.73 Å². The van der Waals surface area contributed by atoms with Crippen molar-refractivity contribution < 1.29 is 0 Å². The van der Waals surface area contributed by atoms with Gasteiger partial charge in [-0.25, -0.2) is 4.98 Å². The van der Waals surface area contributed by atoms with Crippen molar-refractivity contribution in [2.75, 3.05) is 6.54 Å². The van der Waals surface area contributed by atoms with Gasteiger partial charge in [-0.3, -0.25) is 0 Å². The average molecular weight is 245 g/mol. The molecule has 0 aliphatic heterocycles. The molecule has 98 valence electrons. The van der Waals surface area contributed by atoms with Crippen molar-refractivity contribution in [3.05, 3.63) is 30.1 Å². The van der Waals surface area contributed by atoms with E-state index < -0.39 is 0 Å². The van der Waals surface area contributed by atoms with Crippen molar-refractivity contribution in [3.8, 4) is 0 Å². The molecule has 2 aromatic heterocycles. The lowest BCUT2D eigenvalue weighted by molar-refractivity contribution is 0.424. The average Bonchev–Trinajstić information content (AvgIpc) is 2.75. The molecule has 0 unspecified atom stereocenters. The molecule has 0 bridgehead atoms. The zero-order chi connectivity index (χ0) is 13.0. The Hall–Kier alpha value is -1.35. The summed E-state index contributed by atoms with van der Waals surface area (Å²) in [4.78, 5) is 4.53. The van der Waals surface area contributed by atoms with Gasteiger partial charge < -0.3 is 10.3 Å². The Morgan fingerprint density at radius 1 is 1.33 bits per heavy atom. The quantitative estimate of drug-likeness (QED) is 0.850. The van der Waals surface area contributed by atoms with Crippen LogP contribution < -0.4 is 5.73 Å². The van der Waals surface area contributed by atoms with Gasteiger partial charge in [0.2, 0.25) is 0 Å². The first kappa shape index (κ1) is 13.1. The summed E-state index contributed by atoms with van der Waals surface area (Å²) in [6, 6.07) is 4.15. The first-order chi connectivity index (χ1) is 8.80. The van der Waals surface area contributed by atoms with Crippen LogP contribution in [-0.2, 0) is 13.0 Å². The fourth-order valence-electron chi connectivity index (χ4n) is 2.51. The first-order valence-electron chi connectivity index (χ1n) is 6.92. The minimum Gasteiger partial charge on any atom is -0.332 e. The predicted octanol–water partition coefficient (Wildman–Crippen LogP) is 2.97. The van der Waals surface area contributed by atoms with Crippen molar-refractivity contribution in [3.63, 3.8) is 0 Å². The van der Waals surface area contributed by atoms with Gasteiger partial charge in [-0.15, -0.1) is 0 Å². The molecule has 3 nitrogen and oxygen atoms in total. The molecular formula is C15H23N3. The van der Waals surface area contributed by atoms with E-state index in [1.807, 2.05) is 12.3 Å². The molecular weight excluding hydrogens is 222 g/mol. The van der Waals surface area contributed by atoms with Crippen LogP contribution in [0.3, 0.4) is 0 Å². The third-order valence-corrected chi connectivity index (χ3v) is 3.74. The lowest BCUT2D eigenvalue weighted by Crippen LogP contribution is -2.08. The highest BCUT2D eigenvalue weighted by atomic mass is 15.0. The molecule has 3 heteroatoms. The van der Waals surface area contributed by atoms with Crippen LogP contribution in [0.4, 0.5) is 0 Å². The predicted molar refractivity (Wildman–Crippen MR) is 76.6 cm³/mol. The van der Waals surface area contributed by atoms with Crippen LogP contribution in [0.1, 0.15) is 32.3 Å². The molecule has 0 aliphatic carbocycles. The number of pyridine rings is 1. The van der Waals surface area contributed by atoms with Crippen molar-refractivity contribution in [1.29, 1.82) is 0 Å². The third kappa shape index (κ3) is 2.56. The van der Waals surface area contributed by atoms with E-state index in [1.165, 1.54) is 23.8 Å². The third-order valence-electron chi connectivity index (χ3n) is 3.74. The molecule has 0 fully saturated rings. The van der Waals surface area contributed by atoms with Gasteiger partial charge in [-0.1, -0.05) is 26.7 Å². The first-order valence-corrected chi connectivity index (χ1v) is 6.92. The SMILES string of the molecule is CCC(CC)Cn1cc(CCN)c2cccnc21. The summed E-state index contributed by atoms with van der Waals surface area (Å²) in [5, 5.41) is 1.26. The number of fused-ring (bicyclic) bond motifs is 1. The molecule has 0 amide bonds. The molecule has 2 aromatic rings. The molecule has 0 radical (unpaired) electrons. The van der Waals surface area contributed by atoms with Gasteiger partial charge in [0.15, 0.2) is 0 Å². The van der Waals surface area contributed by atoms with Gasteiger partial charge >= 0.3 is 0 Å². The van der Waals surface area contributed by atoms with Crippen molar-refractivity contribution >= 4 is 11.0 Å². The summed E-state index contributed by atoms with van der Waals surface area (Å²) in [6.45, 7) is 6.27. The number of nitrogens with zero attached hydrogens (tertiary/aromatic N) is 2. The molecule has 0 atom stereocenters. The number of nitrogens with two attached hydrogens (primary N) is 1. The van der Waals surface area contributed by atoms with E-state index in [9.17, 15) is 0 Å². The number of hydrogen-bond donors (Lipinski definition) is 1. The van der Waals surface area contributed by atoms with Crippen LogP contribution in [0.25, 0.3) is 11.0 Å². The maximum atomic E-state index is 5.68. The number of rotatable bonds is 6. The smallest absolute Gasteiger partial charge is 0.140 e. The lowest BCUT2D eigenvalue weighted by Gasteiger charge is -2.13. The van der Waals surface area contributed by atoms with Crippen molar-refractivity contribution in [1.82, 2.24) is 9.55 Å². The van der Waals surface area contributed by atoms with E-state index in [1.54, 1.807) is 0 Å². The Labute approximate surface area is 109 Å². The Bertz CT molecular complexity index is 497. The van der Waals surface area contributed by atoms with E-state index >= 15 is 0 Å². The fraction of sp³-hybridized carbons (Fsp3) is 0.533. The van der Waals surface area contributed by atoms with E-state index in [0.717, 1.165) is 24.5 Å². The maximum absolute atomic E-state index is 5.68. The summed E-state index contributed by atoms with van der Waals surface area (Å²) in [5.41, 5.74) is 8.11. The van der Waals surface area contributed by atoms with Crippen LogP contribution in [0, 0.1) is 5.92 Å². The Morgan fingerprint density at radius 3 is 2.78 bits per heavy atom. The zero-order valence-corrected chi connectivity index (χ0v) is 11.4. The lowest BCUT2D eigenvalue weighted by atomic mass is 10.0. The van der Waals surface area contributed by atoms with E-state index in [0.29, 0.717) is 6.54 Å². The summed E-state index contributed by atoms with van der Waals surface area (Å²) in [5.74, 6) is 0.730. The van der Waals surface area contributed by atoms with Crippen molar-refractivity contribution in [2.24, 2.45) is 11.7 Å². The van der Waals surface area contributed by atoms with E-state index in [2.05, 4.69) is 35.7 Å². The fourth-order valence-corrected chi connectivity index (χ4v) is 2.51. The molecule has 2 rings (SSSR count). The van der Waals surface area contributed by atoms with Gasteiger partial charge in [0.05, 0.1) is 0 Å². The highest BCUT2D eigenvalue weighted by molar-refractivity contribution is 5.80. The maximum Gasteiger partial charge on any atom is 0.140 e. The van der Waals surface area contributed by atoms with Gasteiger partial charge in [0.25, 0.3) is 0 Å². The minimum atomic E-state index is 0.693. The van der Waals surface area contributed by atoms with E-state index in [-0.39, 0.29) is 0 Å². The summed E-state index contributed by atoms with van der Waals surface area (Å²) in [7, 11) is 0. The van der Waals surface area contributed by atoms with Crippen molar-refractivity contribution in [2.45, 2.75) is 39.7 Å². The van der Waals surface area contributed by atoms with Crippen LogP contribution in [0.15, 0.2) is 24.5 Å². The van der Waals surface area contributed by atoms with Gasteiger partial charge in [-0.05, 0) is 36.6 Å². The standard InChI is InChI=1S/C15H23N3/c1-3-12(4-2)10-18-11-13(7-8-16)14-6-5-9-17-15(14)18/h5-6,9,11-12H,3-4,7-8,10,16H2,1-2H3. The molecule has 2 heterocycles. The Balaban J connectivity index is 2.37. The molecule has 18 heavy (non-hydrogen) atoms. The Morgan fingerprint density at radius 2 is 2.11 bits per heavy atom. The van der Waals surface area contributed by atoms with Gasteiger partial charge in [0.1, 0.15) is 5.65 Å². The molecule has 0 saturated heterocycles. The Kier molecular flexibility index (Phi) is 4.37. The molecule has 0 spiro atoms. The van der Waals surface area contributed by atoms with Gasteiger partial charge in [0, 0.05) is 24.3 Å². The van der Waals surface area contributed by atoms with Crippen LogP contribution in [0.5, 0.6) is 0 Å². The number of hydrogen-bond acceptors (Lipinski definition) is 2. The summed E-state index contributed by atoms with van der Waals surface area (Å²) >= 11 is 0.